The van der Waals surface area contributed by atoms with Crippen molar-refractivity contribution in [2.45, 2.75) is 59.1 Å². The molecule has 112 valence electrons. The Kier molecular flexibility index (Phi) is 5.22. The molecule has 2 unspecified atom stereocenters. The molecular weight excluding hydrogens is 246 g/mol. The lowest BCUT2D eigenvalue weighted by Crippen LogP contribution is -2.32. The molecule has 2 heteroatoms. The molecule has 0 aliphatic carbocycles. The third kappa shape index (κ3) is 4.07. The van der Waals surface area contributed by atoms with Gasteiger partial charge < -0.3 is 10.1 Å². The van der Waals surface area contributed by atoms with Crippen molar-refractivity contribution < 1.29 is 4.74 Å². The quantitative estimate of drug-likeness (QED) is 0.843. The summed E-state index contributed by atoms with van der Waals surface area (Å²) in [5.41, 5.74) is 3.17. The summed E-state index contributed by atoms with van der Waals surface area (Å²) in [5.74, 6) is 0. The van der Waals surface area contributed by atoms with Crippen LogP contribution in [0.4, 0.5) is 0 Å². The minimum atomic E-state index is 0.267. The predicted molar refractivity (Wildman–Crippen MR) is 85.0 cm³/mol. The van der Waals surface area contributed by atoms with Gasteiger partial charge in [0.1, 0.15) is 0 Å². The summed E-state index contributed by atoms with van der Waals surface area (Å²) in [6.45, 7) is 11.1. The molecule has 0 bridgehead atoms. The molecule has 2 atom stereocenters. The summed E-state index contributed by atoms with van der Waals surface area (Å²) in [6, 6.07) is 9.32. The fraction of sp³-hybridized carbons (Fsp3) is 0.667. The smallest absolute Gasteiger partial charge is 0.0832 e. The third-order valence-corrected chi connectivity index (χ3v) is 4.24. The lowest BCUT2D eigenvalue weighted by atomic mass is 9.78. The first-order valence-electron chi connectivity index (χ1n) is 7.94. The zero-order chi connectivity index (χ0) is 14.6. The molecule has 1 aromatic rings. The van der Waals surface area contributed by atoms with Crippen LogP contribution in [0.3, 0.4) is 0 Å². The van der Waals surface area contributed by atoms with Gasteiger partial charge in [-0.3, -0.25) is 0 Å². The Hall–Kier alpha value is -0.860. The number of ether oxygens (including phenoxy) is 1. The monoisotopic (exact) mass is 275 g/mol. The van der Waals surface area contributed by atoms with E-state index in [-0.39, 0.29) is 11.5 Å². The molecule has 0 amide bonds. The molecule has 2 rings (SSSR count). The molecule has 1 aliphatic heterocycles. The van der Waals surface area contributed by atoms with Crippen molar-refractivity contribution in [3.05, 3.63) is 35.4 Å². The molecule has 0 fully saturated rings. The van der Waals surface area contributed by atoms with Crippen LogP contribution in [0.25, 0.3) is 0 Å². The Morgan fingerprint density at radius 3 is 2.85 bits per heavy atom. The van der Waals surface area contributed by atoms with E-state index in [4.69, 9.17) is 4.74 Å². The van der Waals surface area contributed by atoms with Crippen LogP contribution in [0.15, 0.2) is 24.3 Å². The van der Waals surface area contributed by atoms with Gasteiger partial charge in [-0.1, -0.05) is 45.0 Å². The highest BCUT2D eigenvalue weighted by molar-refractivity contribution is 5.31. The predicted octanol–water partition coefficient (Wildman–Crippen LogP) is 4.10. The van der Waals surface area contributed by atoms with Crippen LogP contribution in [-0.4, -0.2) is 19.2 Å². The normalized spacial score (nSPS) is 20.5. The second-order valence-corrected chi connectivity index (χ2v) is 6.84. The minimum Gasteiger partial charge on any atom is -0.373 e. The second-order valence-electron chi connectivity index (χ2n) is 6.84. The van der Waals surface area contributed by atoms with E-state index in [0.29, 0.717) is 6.04 Å². The summed E-state index contributed by atoms with van der Waals surface area (Å²) in [5, 5.41) is 3.52. The Morgan fingerprint density at radius 1 is 1.35 bits per heavy atom. The number of fused-ring (bicyclic) bond motifs is 1. The van der Waals surface area contributed by atoms with Gasteiger partial charge in [-0.2, -0.15) is 0 Å². The lowest BCUT2D eigenvalue weighted by Gasteiger charge is -2.35. The number of benzene rings is 1. The van der Waals surface area contributed by atoms with Crippen LogP contribution in [0.2, 0.25) is 0 Å². The summed E-state index contributed by atoms with van der Waals surface area (Å²) in [4.78, 5) is 0. The van der Waals surface area contributed by atoms with Gasteiger partial charge in [0.05, 0.1) is 12.7 Å². The Bertz CT molecular complexity index is 427. The molecule has 0 spiro atoms. The van der Waals surface area contributed by atoms with E-state index in [1.807, 2.05) is 0 Å². The summed E-state index contributed by atoms with van der Waals surface area (Å²) < 4.78 is 6.06. The number of nitrogens with one attached hydrogen (secondary N) is 1. The SMILES string of the molecule is CCNC(C)CC(C)(C)CC1OCCc2ccccc21. The number of hydrogen-bond acceptors (Lipinski definition) is 2. The molecule has 0 saturated heterocycles. The van der Waals surface area contributed by atoms with Crippen molar-refractivity contribution in [1.29, 1.82) is 0 Å². The Balaban J connectivity index is 2.03. The average Bonchev–Trinajstić information content (AvgIpc) is 2.38. The first kappa shape index (κ1) is 15.5. The summed E-state index contributed by atoms with van der Waals surface area (Å²) >= 11 is 0. The maximum Gasteiger partial charge on any atom is 0.0832 e. The van der Waals surface area contributed by atoms with Gasteiger partial charge in [0.25, 0.3) is 0 Å². The first-order valence-corrected chi connectivity index (χ1v) is 7.94. The highest BCUT2D eigenvalue weighted by atomic mass is 16.5. The van der Waals surface area contributed by atoms with Crippen molar-refractivity contribution in [1.82, 2.24) is 5.32 Å². The van der Waals surface area contributed by atoms with Crippen molar-refractivity contribution in [3.8, 4) is 0 Å². The van der Waals surface area contributed by atoms with Crippen molar-refractivity contribution >= 4 is 0 Å². The average molecular weight is 275 g/mol. The van der Waals surface area contributed by atoms with Crippen LogP contribution in [-0.2, 0) is 11.2 Å². The van der Waals surface area contributed by atoms with Crippen molar-refractivity contribution in [2.24, 2.45) is 5.41 Å². The topological polar surface area (TPSA) is 21.3 Å². The van der Waals surface area contributed by atoms with Crippen molar-refractivity contribution in [2.75, 3.05) is 13.2 Å². The van der Waals surface area contributed by atoms with E-state index in [1.54, 1.807) is 0 Å². The second kappa shape index (κ2) is 6.73. The molecular formula is C18H29NO. The molecule has 2 nitrogen and oxygen atoms in total. The summed E-state index contributed by atoms with van der Waals surface area (Å²) in [7, 11) is 0. The zero-order valence-electron chi connectivity index (χ0n) is 13.4. The standard InChI is InChI=1S/C18H29NO/c1-5-19-14(2)12-18(3,4)13-17-16-9-7-6-8-15(16)10-11-20-17/h6-9,14,17,19H,5,10-13H2,1-4H3. The highest BCUT2D eigenvalue weighted by Gasteiger charge is 2.29. The molecule has 1 aliphatic rings. The van der Waals surface area contributed by atoms with Gasteiger partial charge >= 0.3 is 0 Å². The van der Waals surface area contributed by atoms with E-state index >= 15 is 0 Å². The number of hydrogen-bond donors (Lipinski definition) is 1. The Labute approximate surface area is 123 Å². The highest BCUT2D eigenvalue weighted by Crippen LogP contribution is 2.38. The first-order chi connectivity index (χ1) is 9.52. The molecule has 1 heterocycles. The maximum atomic E-state index is 6.06. The van der Waals surface area contributed by atoms with Crippen LogP contribution >= 0.6 is 0 Å². The fourth-order valence-electron chi connectivity index (χ4n) is 3.48. The van der Waals surface area contributed by atoms with E-state index < -0.39 is 0 Å². The van der Waals surface area contributed by atoms with Crippen LogP contribution in [0.1, 0.15) is 57.8 Å². The maximum absolute atomic E-state index is 6.06. The van der Waals surface area contributed by atoms with Gasteiger partial charge in [0.2, 0.25) is 0 Å². The summed E-state index contributed by atoms with van der Waals surface area (Å²) in [6.07, 6.45) is 3.60. The van der Waals surface area contributed by atoms with Crippen molar-refractivity contribution in [3.63, 3.8) is 0 Å². The molecule has 0 radical (unpaired) electrons. The van der Waals surface area contributed by atoms with Crippen LogP contribution < -0.4 is 5.32 Å². The van der Waals surface area contributed by atoms with Gasteiger partial charge in [-0.25, -0.2) is 0 Å². The van der Waals surface area contributed by atoms with Crippen LogP contribution in [0.5, 0.6) is 0 Å². The van der Waals surface area contributed by atoms with Gasteiger partial charge in [0.15, 0.2) is 0 Å². The molecule has 0 saturated carbocycles. The molecule has 1 N–H and O–H groups in total. The Morgan fingerprint density at radius 2 is 2.10 bits per heavy atom. The van der Waals surface area contributed by atoms with Gasteiger partial charge in [-0.05, 0) is 49.3 Å². The largest absolute Gasteiger partial charge is 0.373 e. The van der Waals surface area contributed by atoms with E-state index in [1.165, 1.54) is 17.5 Å². The molecule has 20 heavy (non-hydrogen) atoms. The lowest BCUT2D eigenvalue weighted by molar-refractivity contribution is 0.00890. The molecule has 0 aromatic heterocycles. The van der Waals surface area contributed by atoms with E-state index in [9.17, 15) is 0 Å². The van der Waals surface area contributed by atoms with Crippen LogP contribution in [0, 0.1) is 5.41 Å². The zero-order valence-corrected chi connectivity index (χ0v) is 13.4. The van der Waals surface area contributed by atoms with E-state index in [0.717, 1.165) is 26.0 Å². The fourth-order valence-corrected chi connectivity index (χ4v) is 3.48. The van der Waals surface area contributed by atoms with Gasteiger partial charge in [0, 0.05) is 6.04 Å². The van der Waals surface area contributed by atoms with Gasteiger partial charge in [-0.15, -0.1) is 0 Å². The number of rotatable bonds is 6. The minimum absolute atomic E-state index is 0.267. The molecule has 1 aromatic carbocycles. The third-order valence-electron chi connectivity index (χ3n) is 4.24. The van der Waals surface area contributed by atoms with E-state index in [2.05, 4.69) is 57.3 Å².